The third kappa shape index (κ3) is 1.03. The molecule has 0 bridgehead atoms. The molecule has 0 saturated carbocycles. The van der Waals surface area contributed by atoms with E-state index in [1.807, 2.05) is 0 Å². The molecule has 0 saturated heterocycles. The van der Waals surface area contributed by atoms with E-state index in [0.29, 0.717) is 0 Å². The van der Waals surface area contributed by atoms with Gasteiger partial charge >= 0.3 is 0 Å². The summed E-state index contributed by atoms with van der Waals surface area (Å²) in [4.78, 5) is 0. The second-order valence-electron chi connectivity index (χ2n) is 4.03. The Labute approximate surface area is 89.0 Å². The number of aryl methyl sites for hydroxylation is 2. The van der Waals surface area contributed by atoms with Crippen molar-refractivity contribution in [1.29, 1.82) is 0 Å². The molecule has 1 nitrogen and oxygen atoms in total. The van der Waals surface area contributed by atoms with Crippen molar-refractivity contribution in [3.05, 3.63) is 53.7 Å². The van der Waals surface area contributed by atoms with E-state index in [1.54, 1.807) is 0 Å². The van der Waals surface area contributed by atoms with E-state index in [4.69, 9.17) is 0 Å². The maximum absolute atomic E-state index is 2.26. The van der Waals surface area contributed by atoms with Gasteiger partial charge in [-0.1, -0.05) is 18.2 Å². The van der Waals surface area contributed by atoms with E-state index >= 15 is 0 Å². The number of rotatable bonds is 0. The van der Waals surface area contributed by atoms with Crippen molar-refractivity contribution < 1.29 is 0 Å². The van der Waals surface area contributed by atoms with Gasteiger partial charge in [-0.25, -0.2) is 0 Å². The fourth-order valence-electron chi connectivity index (χ4n) is 2.29. The molecule has 3 rings (SSSR count). The van der Waals surface area contributed by atoms with Gasteiger partial charge in [-0.15, -0.1) is 0 Å². The zero-order chi connectivity index (χ0) is 10.4. The molecule has 0 N–H and O–H groups in total. The van der Waals surface area contributed by atoms with Gasteiger partial charge in [-0.2, -0.15) is 0 Å². The molecule has 2 aromatic heterocycles. The van der Waals surface area contributed by atoms with Crippen LogP contribution in [0.25, 0.3) is 16.4 Å². The molecule has 0 spiro atoms. The lowest BCUT2D eigenvalue weighted by atomic mass is 10.0. The Morgan fingerprint density at radius 1 is 0.800 bits per heavy atom. The van der Waals surface area contributed by atoms with E-state index < -0.39 is 0 Å². The molecule has 2 heterocycles. The Balaban J connectivity index is 2.70. The number of nitrogens with zero attached hydrogens (tertiary/aromatic N) is 1. The van der Waals surface area contributed by atoms with Crippen molar-refractivity contribution in [2.24, 2.45) is 0 Å². The van der Waals surface area contributed by atoms with Gasteiger partial charge in [0.1, 0.15) is 0 Å². The number of pyridine rings is 1. The zero-order valence-corrected chi connectivity index (χ0v) is 8.99. The summed E-state index contributed by atoms with van der Waals surface area (Å²) < 4.78 is 2.26. The molecule has 0 fully saturated rings. The number of hydrogen-bond acceptors (Lipinski definition) is 0. The summed E-state index contributed by atoms with van der Waals surface area (Å²) in [5.74, 6) is 0. The second-order valence-corrected chi connectivity index (χ2v) is 4.03. The Bertz CT molecular complexity index is 647. The highest BCUT2D eigenvalue weighted by Crippen LogP contribution is 2.25. The fourth-order valence-corrected chi connectivity index (χ4v) is 2.29. The van der Waals surface area contributed by atoms with Crippen molar-refractivity contribution in [1.82, 2.24) is 4.40 Å². The normalized spacial score (nSPS) is 11.3. The summed E-state index contributed by atoms with van der Waals surface area (Å²) in [6, 6.07) is 12.8. The van der Waals surface area contributed by atoms with Crippen molar-refractivity contribution in [2.45, 2.75) is 13.8 Å². The predicted octanol–water partition coefficient (Wildman–Crippen LogP) is 3.71. The van der Waals surface area contributed by atoms with Crippen molar-refractivity contribution in [2.75, 3.05) is 0 Å². The molecule has 0 aliphatic heterocycles. The molecule has 15 heavy (non-hydrogen) atoms. The lowest BCUT2D eigenvalue weighted by Gasteiger charge is -2.10. The van der Waals surface area contributed by atoms with Crippen LogP contribution < -0.4 is 0 Å². The van der Waals surface area contributed by atoms with E-state index in [2.05, 4.69) is 60.8 Å². The molecular formula is C14H13N. The number of para-hydroxylation sites is 1. The first-order chi connectivity index (χ1) is 7.29. The molecule has 1 aromatic carbocycles. The van der Waals surface area contributed by atoms with Gasteiger partial charge in [0.05, 0.1) is 5.52 Å². The lowest BCUT2D eigenvalue weighted by molar-refractivity contribution is 1.23. The Hall–Kier alpha value is -1.76. The summed E-state index contributed by atoms with van der Waals surface area (Å²) >= 11 is 0. The fraction of sp³-hybridized carbons (Fsp3) is 0.143. The number of benzene rings is 1. The molecule has 0 unspecified atom stereocenters. The van der Waals surface area contributed by atoms with Gasteiger partial charge < -0.3 is 4.40 Å². The van der Waals surface area contributed by atoms with Crippen LogP contribution in [0.2, 0.25) is 0 Å². The maximum Gasteiger partial charge on any atom is 0.0530 e. The van der Waals surface area contributed by atoms with Gasteiger partial charge in [0, 0.05) is 17.1 Å². The minimum atomic E-state index is 1.29. The van der Waals surface area contributed by atoms with Gasteiger partial charge in [0.15, 0.2) is 0 Å². The van der Waals surface area contributed by atoms with Crippen LogP contribution in [-0.4, -0.2) is 4.40 Å². The molecule has 0 aliphatic rings. The first-order valence-corrected chi connectivity index (χ1v) is 5.24. The smallest absolute Gasteiger partial charge is 0.0530 e. The minimum Gasteiger partial charge on any atom is -0.316 e. The highest BCUT2D eigenvalue weighted by molar-refractivity contribution is 5.88. The third-order valence-electron chi connectivity index (χ3n) is 3.26. The predicted molar refractivity (Wildman–Crippen MR) is 64.4 cm³/mol. The molecule has 0 atom stereocenters. The van der Waals surface area contributed by atoms with Crippen LogP contribution >= 0.6 is 0 Å². The average molecular weight is 195 g/mol. The SMILES string of the molecule is Cc1c(C)c2cccn2c2ccccc12. The van der Waals surface area contributed by atoms with Gasteiger partial charge in [-0.3, -0.25) is 0 Å². The van der Waals surface area contributed by atoms with E-state index in [9.17, 15) is 0 Å². The number of fused-ring (bicyclic) bond motifs is 3. The van der Waals surface area contributed by atoms with Crippen LogP contribution in [0.5, 0.6) is 0 Å². The standard InChI is InChI=1S/C14H13N/c1-10-11(2)13-8-5-9-15(13)14-7-4-3-6-12(10)14/h3-9H,1-2H3. The largest absolute Gasteiger partial charge is 0.316 e. The summed E-state index contributed by atoms with van der Waals surface area (Å²) in [5, 5.41) is 1.35. The third-order valence-corrected chi connectivity index (χ3v) is 3.26. The summed E-state index contributed by atoms with van der Waals surface area (Å²) in [7, 11) is 0. The van der Waals surface area contributed by atoms with Gasteiger partial charge in [-0.05, 0) is 43.2 Å². The summed E-state index contributed by atoms with van der Waals surface area (Å²) in [5.41, 5.74) is 5.36. The minimum absolute atomic E-state index is 1.29. The summed E-state index contributed by atoms with van der Waals surface area (Å²) in [6.07, 6.45) is 2.13. The van der Waals surface area contributed by atoms with Crippen LogP contribution in [0.4, 0.5) is 0 Å². The Kier molecular flexibility index (Phi) is 1.63. The first kappa shape index (κ1) is 8.54. The van der Waals surface area contributed by atoms with E-state index in [1.165, 1.54) is 27.5 Å². The van der Waals surface area contributed by atoms with Crippen LogP contribution in [0.3, 0.4) is 0 Å². The number of aromatic nitrogens is 1. The molecular weight excluding hydrogens is 182 g/mol. The highest BCUT2D eigenvalue weighted by atomic mass is 14.9. The Morgan fingerprint density at radius 3 is 2.40 bits per heavy atom. The van der Waals surface area contributed by atoms with E-state index in [0.717, 1.165) is 0 Å². The van der Waals surface area contributed by atoms with E-state index in [-0.39, 0.29) is 0 Å². The van der Waals surface area contributed by atoms with Crippen LogP contribution in [0.15, 0.2) is 42.6 Å². The van der Waals surface area contributed by atoms with Crippen molar-refractivity contribution in [3.63, 3.8) is 0 Å². The quantitative estimate of drug-likeness (QED) is 0.515. The van der Waals surface area contributed by atoms with Crippen LogP contribution in [0, 0.1) is 13.8 Å². The monoisotopic (exact) mass is 195 g/mol. The molecule has 74 valence electrons. The van der Waals surface area contributed by atoms with Crippen LogP contribution in [0.1, 0.15) is 11.1 Å². The number of hydrogen-bond donors (Lipinski definition) is 0. The topological polar surface area (TPSA) is 4.41 Å². The van der Waals surface area contributed by atoms with Gasteiger partial charge in [0.25, 0.3) is 0 Å². The summed E-state index contributed by atoms with van der Waals surface area (Å²) in [6.45, 7) is 4.39. The van der Waals surface area contributed by atoms with Crippen molar-refractivity contribution >= 4 is 16.4 Å². The zero-order valence-electron chi connectivity index (χ0n) is 8.99. The maximum atomic E-state index is 2.26. The van der Waals surface area contributed by atoms with Gasteiger partial charge in [0.2, 0.25) is 0 Å². The molecule has 0 amide bonds. The first-order valence-electron chi connectivity index (χ1n) is 5.24. The molecule has 1 heteroatoms. The Morgan fingerprint density at radius 2 is 1.53 bits per heavy atom. The molecule has 3 aromatic rings. The van der Waals surface area contributed by atoms with Crippen molar-refractivity contribution in [3.8, 4) is 0 Å². The lowest BCUT2D eigenvalue weighted by Crippen LogP contribution is -1.93. The molecule has 0 radical (unpaired) electrons. The average Bonchev–Trinajstić information content (AvgIpc) is 2.75. The molecule has 0 aliphatic carbocycles. The van der Waals surface area contributed by atoms with Crippen LogP contribution in [-0.2, 0) is 0 Å². The second kappa shape index (κ2) is 2.86. The highest BCUT2D eigenvalue weighted by Gasteiger charge is 2.06.